The Hall–Kier alpha value is -1.68. The van der Waals surface area contributed by atoms with E-state index in [1.165, 1.54) is 12.1 Å². The molecule has 0 N–H and O–H groups in total. The fourth-order valence-electron chi connectivity index (χ4n) is 1.77. The molecule has 0 aromatic heterocycles. The van der Waals surface area contributed by atoms with Crippen LogP contribution in [-0.2, 0) is 6.42 Å². The molecule has 0 unspecified atom stereocenters. The van der Waals surface area contributed by atoms with Crippen molar-refractivity contribution in [3.05, 3.63) is 63.9 Å². The van der Waals surface area contributed by atoms with Gasteiger partial charge < -0.3 is 4.74 Å². The number of rotatable bonds is 4. The van der Waals surface area contributed by atoms with Gasteiger partial charge in [-0.1, -0.05) is 12.1 Å². The van der Waals surface area contributed by atoms with E-state index in [1.807, 2.05) is 0 Å². The molecule has 0 aliphatic carbocycles. The van der Waals surface area contributed by atoms with Crippen LogP contribution in [0.2, 0.25) is 0 Å². The van der Waals surface area contributed by atoms with Crippen molar-refractivity contribution in [2.45, 2.75) is 6.42 Å². The van der Waals surface area contributed by atoms with Crippen molar-refractivity contribution >= 4 is 21.7 Å². The van der Waals surface area contributed by atoms with Gasteiger partial charge in [0.1, 0.15) is 11.6 Å². The topological polar surface area (TPSA) is 26.3 Å². The Morgan fingerprint density at radius 3 is 2.68 bits per heavy atom. The third kappa shape index (κ3) is 3.41. The number of carbonyl (C=O) groups is 1. The van der Waals surface area contributed by atoms with E-state index in [9.17, 15) is 9.18 Å². The maximum atomic E-state index is 13.0. The molecule has 0 aliphatic heterocycles. The summed E-state index contributed by atoms with van der Waals surface area (Å²) in [5, 5.41) is 0. The van der Waals surface area contributed by atoms with Crippen molar-refractivity contribution in [2.75, 3.05) is 7.11 Å². The minimum Gasteiger partial charge on any atom is -0.496 e. The minimum atomic E-state index is -0.332. The summed E-state index contributed by atoms with van der Waals surface area (Å²) in [6.07, 6.45) is 0.177. The van der Waals surface area contributed by atoms with E-state index < -0.39 is 0 Å². The van der Waals surface area contributed by atoms with Gasteiger partial charge >= 0.3 is 0 Å². The second kappa shape index (κ2) is 5.97. The zero-order valence-corrected chi connectivity index (χ0v) is 11.9. The lowest BCUT2D eigenvalue weighted by Gasteiger charge is -2.06. The average molecular weight is 323 g/mol. The molecule has 19 heavy (non-hydrogen) atoms. The van der Waals surface area contributed by atoms with E-state index in [1.54, 1.807) is 37.4 Å². The highest BCUT2D eigenvalue weighted by atomic mass is 79.9. The molecule has 0 aliphatic rings. The van der Waals surface area contributed by atoms with Crippen LogP contribution in [0.5, 0.6) is 5.75 Å². The molecule has 2 rings (SSSR count). The highest BCUT2D eigenvalue weighted by molar-refractivity contribution is 9.10. The molecule has 0 bridgehead atoms. The van der Waals surface area contributed by atoms with Gasteiger partial charge in [0.05, 0.1) is 11.6 Å². The predicted molar refractivity (Wildman–Crippen MR) is 75.1 cm³/mol. The lowest BCUT2D eigenvalue weighted by Crippen LogP contribution is -2.04. The summed E-state index contributed by atoms with van der Waals surface area (Å²) >= 11 is 3.34. The van der Waals surface area contributed by atoms with Gasteiger partial charge in [-0.3, -0.25) is 4.79 Å². The molecule has 2 nitrogen and oxygen atoms in total. The molecule has 0 saturated heterocycles. The highest BCUT2D eigenvalue weighted by Gasteiger charge is 2.10. The number of ketones is 1. The quantitative estimate of drug-likeness (QED) is 0.795. The fourth-order valence-corrected chi connectivity index (χ4v) is 2.31. The number of hydrogen-bond acceptors (Lipinski definition) is 2. The Morgan fingerprint density at radius 2 is 2.05 bits per heavy atom. The summed E-state index contributed by atoms with van der Waals surface area (Å²) < 4.78 is 18.9. The second-order valence-corrected chi connectivity index (χ2v) is 4.93. The smallest absolute Gasteiger partial charge is 0.167 e. The molecule has 2 aromatic carbocycles. The maximum absolute atomic E-state index is 13.0. The van der Waals surface area contributed by atoms with Crippen molar-refractivity contribution < 1.29 is 13.9 Å². The number of halogens is 2. The van der Waals surface area contributed by atoms with Crippen molar-refractivity contribution in [2.24, 2.45) is 0 Å². The molecule has 0 heterocycles. The molecule has 98 valence electrons. The third-order valence-electron chi connectivity index (χ3n) is 2.73. The zero-order chi connectivity index (χ0) is 13.8. The van der Waals surface area contributed by atoms with E-state index in [0.717, 1.165) is 4.47 Å². The molecule has 0 fully saturated rings. The van der Waals surface area contributed by atoms with Gasteiger partial charge in [0.2, 0.25) is 0 Å². The summed E-state index contributed by atoms with van der Waals surface area (Å²) in [6, 6.07) is 11.2. The van der Waals surface area contributed by atoms with Gasteiger partial charge in [-0.25, -0.2) is 4.39 Å². The van der Waals surface area contributed by atoms with Crippen molar-refractivity contribution in [3.63, 3.8) is 0 Å². The molecular weight excluding hydrogens is 311 g/mol. The van der Waals surface area contributed by atoms with Crippen LogP contribution < -0.4 is 4.74 Å². The third-order valence-corrected chi connectivity index (χ3v) is 3.35. The van der Waals surface area contributed by atoms with Crippen molar-refractivity contribution in [3.8, 4) is 5.75 Å². The highest BCUT2D eigenvalue weighted by Crippen LogP contribution is 2.26. The van der Waals surface area contributed by atoms with Crippen LogP contribution in [0, 0.1) is 5.82 Å². The van der Waals surface area contributed by atoms with Gasteiger partial charge in [0.25, 0.3) is 0 Å². The standard InChI is InChI=1S/C15H12BrFO2/c1-19-15-6-5-11(9-13(15)16)14(18)8-10-3-2-4-12(17)7-10/h2-7,9H,8H2,1H3. The normalized spacial score (nSPS) is 10.3. The largest absolute Gasteiger partial charge is 0.496 e. The lowest BCUT2D eigenvalue weighted by atomic mass is 10.0. The number of benzene rings is 2. The van der Waals surface area contributed by atoms with Crippen molar-refractivity contribution in [1.29, 1.82) is 0 Å². The number of ether oxygens (including phenoxy) is 1. The van der Waals surface area contributed by atoms with Crippen LogP contribution in [0.1, 0.15) is 15.9 Å². The van der Waals surface area contributed by atoms with Crippen molar-refractivity contribution in [1.82, 2.24) is 0 Å². The fraction of sp³-hybridized carbons (Fsp3) is 0.133. The molecule has 2 aromatic rings. The van der Waals surface area contributed by atoms with Crippen LogP contribution >= 0.6 is 15.9 Å². The molecule has 0 radical (unpaired) electrons. The lowest BCUT2D eigenvalue weighted by molar-refractivity contribution is 0.0993. The first-order valence-corrected chi connectivity index (χ1v) is 6.50. The number of carbonyl (C=O) groups excluding carboxylic acids is 1. The molecular formula is C15H12BrFO2. The second-order valence-electron chi connectivity index (χ2n) is 4.08. The molecule has 4 heteroatoms. The zero-order valence-electron chi connectivity index (χ0n) is 10.3. The van der Waals surface area contributed by atoms with Crippen LogP contribution in [0.15, 0.2) is 46.9 Å². The minimum absolute atomic E-state index is 0.0612. The Balaban J connectivity index is 2.18. The summed E-state index contributed by atoms with van der Waals surface area (Å²) in [5.41, 5.74) is 1.23. The Kier molecular flexibility index (Phi) is 4.32. The van der Waals surface area contributed by atoms with E-state index in [2.05, 4.69) is 15.9 Å². The van der Waals surface area contributed by atoms with E-state index >= 15 is 0 Å². The average Bonchev–Trinajstić information content (AvgIpc) is 2.38. The number of hydrogen-bond donors (Lipinski definition) is 0. The SMILES string of the molecule is COc1ccc(C(=O)Cc2cccc(F)c2)cc1Br. The monoisotopic (exact) mass is 322 g/mol. The van der Waals surface area contributed by atoms with Gasteiger partial charge in [0, 0.05) is 12.0 Å². The van der Waals surface area contributed by atoms with Crippen LogP contribution in [0.4, 0.5) is 4.39 Å². The maximum Gasteiger partial charge on any atom is 0.167 e. The van der Waals surface area contributed by atoms with E-state index in [0.29, 0.717) is 16.9 Å². The van der Waals surface area contributed by atoms with E-state index in [-0.39, 0.29) is 18.0 Å². The van der Waals surface area contributed by atoms with E-state index in [4.69, 9.17) is 4.74 Å². The van der Waals surface area contributed by atoms with Crippen LogP contribution in [0.3, 0.4) is 0 Å². The summed E-state index contributed by atoms with van der Waals surface area (Å²) in [7, 11) is 1.56. The van der Waals surface area contributed by atoms with Crippen LogP contribution in [-0.4, -0.2) is 12.9 Å². The number of Topliss-reactive ketones (excluding diaryl/α,β-unsaturated/α-hetero) is 1. The first-order valence-electron chi connectivity index (χ1n) is 5.71. The summed E-state index contributed by atoms with van der Waals surface area (Å²) in [6.45, 7) is 0. The molecule has 0 amide bonds. The van der Waals surface area contributed by atoms with Gasteiger partial charge in [-0.2, -0.15) is 0 Å². The first-order chi connectivity index (χ1) is 9.10. The Labute approximate surface area is 119 Å². The summed E-state index contributed by atoms with van der Waals surface area (Å²) in [5.74, 6) is 0.275. The molecule has 0 atom stereocenters. The molecule has 0 saturated carbocycles. The molecule has 0 spiro atoms. The first kappa shape index (κ1) is 13.7. The Morgan fingerprint density at radius 1 is 1.26 bits per heavy atom. The summed E-state index contributed by atoms with van der Waals surface area (Å²) in [4.78, 5) is 12.1. The van der Waals surface area contributed by atoms with Gasteiger partial charge in [-0.15, -0.1) is 0 Å². The number of methoxy groups -OCH3 is 1. The predicted octanol–water partition coefficient (Wildman–Crippen LogP) is 4.02. The van der Waals surface area contributed by atoms with Gasteiger partial charge in [0.15, 0.2) is 5.78 Å². The Bertz CT molecular complexity index is 611. The van der Waals surface area contributed by atoms with Crippen LogP contribution in [0.25, 0.3) is 0 Å². The van der Waals surface area contributed by atoms with Gasteiger partial charge in [-0.05, 0) is 51.8 Å².